The molecule has 1 atom stereocenters. The summed E-state index contributed by atoms with van der Waals surface area (Å²) in [5, 5.41) is 0. The van der Waals surface area contributed by atoms with E-state index >= 15 is 0 Å². The van der Waals surface area contributed by atoms with Gasteiger partial charge in [0.05, 0.1) is 12.4 Å². The molecule has 0 radical (unpaired) electrons. The average Bonchev–Trinajstić information content (AvgIpc) is 2.13. The van der Waals surface area contributed by atoms with Crippen molar-refractivity contribution in [2.75, 3.05) is 12.4 Å². The second kappa shape index (κ2) is 7.60. The molecule has 6 heteroatoms. The lowest BCUT2D eigenvalue weighted by Crippen LogP contribution is -2.33. The number of hydrogen-bond donors (Lipinski definition) is 1. The van der Waals surface area contributed by atoms with E-state index in [1.165, 1.54) is 0 Å². The average molecular weight is 253 g/mol. The highest BCUT2D eigenvalue weighted by Gasteiger charge is 2.16. The molecule has 0 rings (SSSR count). The number of carbonyl (C=O) groups excluding carboxylic acids is 1. The first-order valence-electron chi connectivity index (χ1n) is 5.50. The minimum absolute atomic E-state index is 0.0763. The molecule has 0 aromatic rings. The van der Waals surface area contributed by atoms with Gasteiger partial charge in [-0.05, 0) is 12.3 Å². The number of amides is 1. The smallest absolute Gasteiger partial charge is 0.234 e. The number of alkyl halides is 1. The minimum Gasteiger partial charge on any atom is -0.274 e. The van der Waals surface area contributed by atoms with Gasteiger partial charge in [0.2, 0.25) is 15.9 Å². The molecule has 0 aliphatic rings. The third kappa shape index (κ3) is 7.62. The van der Waals surface area contributed by atoms with E-state index in [0.29, 0.717) is 0 Å². The Labute approximate surface area is 96.7 Å². The van der Waals surface area contributed by atoms with Crippen LogP contribution in [-0.4, -0.2) is 26.8 Å². The summed E-state index contributed by atoms with van der Waals surface area (Å²) in [5.74, 6) is -0.668. The van der Waals surface area contributed by atoms with Crippen molar-refractivity contribution in [3.8, 4) is 0 Å². The molecule has 16 heavy (non-hydrogen) atoms. The Morgan fingerprint density at radius 3 is 2.56 bits per heavy atom. The van der Waals surface area contributed by atoms with Crippen molar-refractivity contribution in [3.05, 3.63) is 0 Å². The molecule has 0 aromatic carbocycles. The Morgan fingerprint density at radius 1 is 1.44 bits per heavy atom. The van der Waals surface area contributed by atoms with Gasteiger partial charge in [0.1, 0.15) is 0 Å². The quantitative estimate of drug-likeness (QED) is 0.715. The Kier molecular flexibility index (Phi) is 7.29. The van der Waals surface area contributed by atoms with Gasteiger partial charge in [0.15, 0.2) is 0 Å². The van der Waals surface area contributed by atoms with Crippen molar-refractivity contribution in [1.29, 1.82) is 0 Å². The predicted octanol–water partition coefficient (Wildman–Crippen LogP) is 1.62. The summed E-state index contributed by atoms with van der Waals surface area (Å²) in [5.41, 5.74) is 0. The van der Waals surface area contributed by atoms with E-state index in [1.807, 2.05) is 18.6 Å². The molecule has 0 aliphatic carbocycles. The van der Waals surface area contributed by atoms with E-state index in [4.69, 9.17) is 0 Å². The minimum atomic E-state index is -3.64. The summed E-state index contributed by atoms with van der Waals surface area (Å²) in [4.78, 5) is 11.3. The first-order valence-corrected chi connectivity index (χ1v) is 7.15. The van der Waals surface area contributed by atoms with E-state index < -0.39 is 22.6 Å². The van der Waals surface area contributed by atoms with Crippen molar-refractivity contribution in [1.82, 2.24) is 4.72 Å². The van der Waals surface area contributed by atoms with Gasteiger partial charge < -0.3 is 0 Å². The van der Waals surface area contributed by atoms with E-state index in [9.17, 15) is 17.6 Å². The summed E-state index contributed by atoms with van der Waals surface area (Å²) in [6, 6.07) is 0. The predicted molar refractivity (Wildman–Crippen MR) is 61.2 cm³/mol. The number of rotatable bonds is 8. The summed E-state index contributed by atoms with van der Waals surface area (Å²) >= 11 is 0. The number of hydrogen-bond acceptors (Lipinski definition) is 3. The highest BCUT2D eigenvalue weighted by molar-refractivity contribution is 7.90. The molecular weight excluding hydrogens is 233 g/mol. The summed E-state index contributed by atoms with van der Waals surface area (Å²) in [7, 11) is -3.64. The van der Waals surface area contributed by atoms with Gasteiger partial charge in [-0.2, -0.15) is 0 Å². The fraction of sp³-hybridized carbons (Fsp3) is 0.900. The Morgan fingerprint density at radius 2 is 2.06 bits per heavy atom. The van der Waals surface area contributed by atoms with Crippen molar-refractivity contribution < 1.29 is 17.6 Å². The lowest BCUT2D eigenvalue weighted by Gasteiger charge is -2.10. The van der Waals surface area contributed by atoms with Gasteiger partial charge in [0, 0.05) is 6.42 Å². The van der Waals surface area contributed by atoms with E-state index in [2.05, 4.69) is 0 Å². The van der Waals surface area contributed by atoms with Gasteiger partial charge in [-0.3, -0.25) is 13.9 Å². The van der Waals surface area contributed by atoms with Crippen LogP contribution < -0.4 is 4.72 Å². The van der Waals surface area contributed by atoms with Gasteiger partial charge in [-0.25, -0.2) is 8.42 Å². The monoisotopic (exact) mass is 253 g/mol. The molecule has 1 N–H and O–H groups in total. The van der Waals surface area contributed by atoms with Crippen LogP contribution in [-0.2, 0) is 14.8 Å². The molecule has 1 unspecified atom stereocenters. The molecule has 0 bridgehead atoms. The fourth-order valence-corrected chi connectivity index (χ4v) is 2.44. The maximum absolute atomic E-state index is 11.8. The number of halogens is 1. The number of nitrogens with one attached hydrogen (secondary N) is 1. The van der Waals surface area contributed by atoms with Crippen LogP contribution in [0, 0.1) is 5.92 Å². The molecular formula is C10H20FNO3S. The Hall–Kier alpha value is -0.650. The molecule has 0 spiro atoms. The molecule has 0 saturated carbocycles. The third-order valence-electron chi connectivity index (χ3n) is 2.13. The zero-order valence-electron chi connectivity index (χ0n) is 9.83. The molecule has 96 valence electrons. The lowest BCUT2D eigenvalue weighted by molar-refractivity contribution is -0.120. The molecule has 0 heterocycles. The summed E-state index contributed by atoms with van der Waals surface area (Å²) < 4.78 is 36.2. The number of sulfonamides is 1. The Bertz CT molecular complexity index is 303. The highest BCUT2D eigenvalue weighted by Crippen LogP contribution is 2.09. The van der Waals surface area contributed by atoms with Gasteiger partial charge in [-0.1, -0.05) is 26.7 Å². The van der Waals surface area contributed by atoms with Crippen molar-refractivity contribution in [3.63, 3.8) is 0 Å². The maximum atomic E-state index is 11.8. The zero-order valence-corrected chi connectivity index (χ0v) is 10.6. The zero-order chi connectivity index (χ0) is 12.6. The van der Waals surface area contributed by atoms with Gasteiger partial charge in [0.25, 0.3) is 0 Å². The lowest BCUT2D eigenvalue weighted by atomic mass is 10.0. The van der Waals surface area contributed by atoms with Gasteiger partial charge in [-0.15, -0.1) is 0 Å². The summed E-state index contributed by atoms with van der Waals surface area (Å²) in [6.07, 6.45) is 1.97. The van der Waals surface area contributed by atoms with Crippen molar-refractivity contribution >= 4 is 15.9 Å². The van der Waals surface area contributed by atoms with E-state index in [-0.39, 0.29) is 24.5 Å². The largest absolute Gasteiger partial charge is 0.274 e. The van der Waals surface area contributed by atoms with Crippen LogP contribution in [0.2, 0.25) is 0 Å². The molecule has 0 aliphatic heterocycles. The topological polar surface area (TPSA) is 63.2 Å². The van der Waals surface area contributed by atoms with Crippen molar-refractivity contribution in [2.45, 2.75) is 39.5 Å². The second-order valence-electron chi connectivity index (χ2n) is 3.98. The maximum Gasteiger partial charge on any atom is 0.234 e. The summed E-state index contributed by atoms with van der Waals surface area (Å²) in [6.45, 7) is 3.21. The second-order valence-corrected chi connectivity index (χ2v) is 5.83. The standard InChI is InChI=1S/C10H20FNO3S/c1-3-5-9(2)8-10(13)12-16(14,15)7-4-6-11/h9H,3-8H2,1-2H3,(H,12,13). The normalized spacial score (nSPS) is 13.4. The van der Waals surface area contributed by atoms with Crippen LogP contribution in [0.3, 0.4) is 0 Å². The Balaban J connectivity index is 4.03. The molecule has 0 aromatic heterocycles. The van der Waals surface area contributed by atoms with Crippen LogP contribution in [0.15, 0.2) is 0 Å². The fourth-order valence-electron chi connectivity index (χ4n) is 1.42. The number of carbonyl (C=O) groups is 1. The third-order valence-corrected chi connectivity index (χ3v) is 3.50. The molecule has 0 fully saturated rings. The SMILES string of the molecule is CCCC(C)CC(=O)NS(=O)(=O)CCCF. The van der Waals surface area contributed by atoms with E-state index in [1.54, 1.807) is 0 Å². The van der Waals surface area contributed by atoms with E-state index in [0.717, 1.165) is 12.8 Å². The van der Waals surface area contributed by atoms with Crippen LogP contribution in [0.5, 0.6) is 0 Å². The first kappa shape index (κ1) is 15.3. The van der Waals surface area contributed by atoms with Crippen LogP contribution in [0.25, 0.3) is 0 Å². The highest BCUT2D eigenvalue weighted by atomic mass is 32.2. The first-order chi connectivity index (χ1) is 7.41. The van der Waals surface area contributed by atoms with Crippen LogP contribution >= 0.6 is 0 Å². The van der Waals surface area contributed by atoms with Crippen molar-refractivity contribution in [2.24, 2.45) is 5.92 Å². The van der Waals surface area contributed by atoms with Crippen LogP contribution in [0.1, 0.15) is 39.5 Å². The molecule has 0 saturated heterocycles. The van der Waals surface area contributed by atoms with Crippen LogP contribution in [0.4, 0.5) is 4.39 Å². The van der Waals surface area contributed by atoms with Gasteiger partial charge >= 0.3 is 0 Å². The molecule has 4 nitrogen and oxygen atoms in total. The molecule has 1 amide bonds.